The highest BCUT2D eigenvalue weighted by Gasteiger charge is 2.07. The van der Waals surface area contributed by atoms with Gasteiger partial charge in [-0.3, -0.25) is 4.79 Å². The molecule has 3 rings (SSSR count). The summed E-state index contributed by atoms with van der Waals surface area (Å²) in [5.74, 6) is 1.28. The van der Waals surface area contributed by atoms with E-state index in [4.69, 9.17) is 14.2 Å². The van der Waals surface area contributed by atoms with Crippen LogP contribution in [0.25, 0.3) is 0 Å². The van der Waals surface area contributed by atoms with Crippen LogP contribution in [0.5, 0.6) is 11.5 Å². The van der Waals surface area contributed by atoms with Crippen LogP contribution in [0, 0.1) is 0 Å². The fraction of sp³-hybridized carbons (Fsp3) is 0.208. The lowest BCUT2D eigenvalue weighted by molar-refractivity contribution is -0.114. The van der Waals surface area contributed by atoms with Crippen molar-refractivity contribution in [2.24, 2.45) is 0 Å². The minimum Gasteiger partial charge on any atom is -0.491 e. The van der Waals surface area contributed by atoms with E-state index in [1.807, 2.05) is 66.7 Å². The van der Waals surface area contributed by atoms with Gasteiger partial charge in [-0.2, -0.15) is 0 Å². The molecule has 0 spiro atoms. The van der Waals surface area contributed by atoms with Crippen LogP contribution in [0.2, 0.25) is 0 Å². The maximum Gasteiger partial charge on any atom is 0.243 e. The van der Waals surface area contributed by atoms with Gasteiger partial charge in [0.1, 0.15) is 24.7 Å². The molecule has 6 nitrogen and oxygen atoms in total. The first-order valence-corrected chi connectivity index (χ1v) is 9.76. The second-order valence-electron chi connectivity index (χ2n) is 6.54. The smallest absolute Gasteiger partial charge is 0.243 e. The molecule has 0 heterocycles. The summed E-state index contributed by atoms with van der Waals surface area (Å²) in [7, 11) is 1.63. The summed E-state index contributed by atoms with van der Waals surface area (Å²) in [5.41, 5.74) is 2.56. The third-order valence-electron chi connectivity index (χ3n) is 4.26. The van der Waals surface area contributed by atoms with E-state index in [-0.39, 0.29) is 12.5 Å². The van der Waals surface area contributed by atoms with Crippen molar-refractivity contribution < 1.29 is 19.0 Å². The molecule has 0 radical (unpaired) electrons. The Kier molecular flexibility index (Phi) is 8.12. The van der Waals surface area contributed by atoms with E-state index in [0.717, 1.165) is 17.0 Å². The number of ether oxygens (including phenoxy) is 3. The maximum absolute atomic E-state index is 12.3. The third-order valence-corrected chi connectivity index (χ3v) is 4.26. The molecule has 6 heteroatoms. The zero-order valence-corrected chi connectivity index (χ0v) is 17.0. The van der Waals surface area contributed by atoms with Crippen LogP contribution in [-0.4, -0.2) is 32.8 Å². The zero-order chi connectivity index (χ0) is 21.0. The molecule has 156 valence electrons. The number of nitrogens with one attached hydrogen (secondary N) is 2. The van der Waals surface area contributed by atoms with Crippen LogP contribution in [0.1, 0.15) is 5.56 Å². The Morgan fingerprint density at radius 2 is 1.57 bits per heavy atom. The highest BCUT2D eigenvalue weighted by Crippen LogP contribution is 2.24. The number of anilines is 2. The highest BCUT2D eigenvalue weighted by molar-refractivity contribution is 5.94. The lowest BCUT2D eigenvalue weighted by Crippen LogP contribution is -2.22. The molecule has 3 aromatic rings. The summed E-state index contributed by atoms with van der Waals surface area (Å²) < 4.78 is 16.4. The molecule has 0 aromatic heterocycles. The largest absolute Gasteiger partial charge is 0.491 e. The van der Waals surface area contributed by atoms with Crippen molar-refractivity contribution in [2.45, 2.75) is 6.61 Å². The van der Waals surface area contributed by atoms with Crippen LogP contribution in [-0.2, 0) is 16.1 Å². The van der Waals surface area contributed by atoms with E-state index in [9.17, 15) is 4.79 Å². The Morgan fingerprint density at radius 1 is 0.833 bits per heavy atom. The highest BCUT2D eigenvalue weighted by atomic mass is 16.5. The van der Waals surface area contributed by atoms with E-state index < -0.39 is 0 Å². The molecule has 0 aliphatic rings. The topological polar surface area (TPSA) is 68.8 Å². The Bertz CT molecular complexity index is 914. The van der Waals surface area contributed by atoms with Crippen molar-refractivity contribution in [3.8, 4) is 11.5 Å². The average molecular weight is 406 g/mol. The molecule has 1 amide bonds. The molecule has 30 heavy (non-hydrogen) atoms. The minimum atomic E-state index is -0.152. The number of amides is 1. The number of hydrogen-bond acceptors (Lipinski definition) is 5. The number of rotatable bonds is 11. The summed E-state index contributed by atoms with van der Waals surface area (Å²) >= 11 is 0. The van der Waals surface area contributed by atoms with Gasteiger partial charge in [-0.05, 0) is 42.0 Å². The number of hydrogen-bond donors (Lipinski definition) is 2. The lowest BCUT2D eigenvalue weighted by atomic mass is 10.2. The summed E-state index contributed by atoms with van der Waals surface area (Å²) in [6, 6.07) is 24.8. The average Bonchev–Trinajstić information content (AvgIpc) is 2.79. The summed E-state index contributed by atoms with van der Waals surface area (Å²) in [6.45, 7) is 1.60. The van der Waals surface area contributed by atoms with Crippen molar-refractivity contribution in [2.75, 3.05) is 37.5 Å². The number of carbonyl (C=O) groups is 1. The van der Waals surface area contributed by atoms with Gasteiger partial charge in [0, 0.05) is 12.8 Å². The van der Waals surface area contributed by atoms with Gasteiger partial charge in [-0.1, -0.05) is 42.5 Å². The number of para-hydroxylation sites is 2. The summed E-state index contributed by atoms with van der Waals surface area (Å²) in [6.07, 6.45) is 0. The van der Waals surface area contributed by atoms with Gasteiger partial charge in [0.15, 0.2) is 0 Å². The van der Waals surface area contributed by atoms with Crippen molar-refractivity contribution in [3.63, 3.8) is 0 Å². The minimum absolute atomic E-state index is 0.123. The molecule has 0 saturated carbocycles. The molecule has 0 saturated heterocycles. The van der Waals surface area contributed by atoms with Crippen LogP contribution in [0.15, 0.2) is 78.9 Å². The molecule has 0 unspecified atom stereocenters. The van der Waals surface area contributed by atoms with Gasteiger partial charge in [0.05, 0.1) is 18.8 Å². The summed E-state index contributed by atoms with van der Waals surface area (Å²) in [5, 5.41) is 6.00. The molecular weight excluding hydrogens is 380 g/mol. The number of carbonyl (C=O) groups excluding carboxylic acids is 1. The molecule has 2 N–H and O–H groups in total. The quantitative estimate of drug-likeness (QED) is 0.464. The lowest BCUT2D eigenvalue weighted by Gasteiger charge is -2.13. The van der Waals surface area contributed by atoms with Crippen LogP contribution in [0.4, 0.5) is 11.4 Å². The maximum atomic E-state index is 12.3. The van der Waals surface area contributed by atoms with E-state index in [2.05, 4.69) is 10.6 Å². The predicted octanol–water partition coefficient (Wildman–Crippen LogP) is 4.34. The Morgan fingerprint density at radius 3 is 2.33 bits per heavy atom. The fourth-order valence-electron chi connectivity index (χ4n) is 2.73. The Labute approximate surface area is 176 Å². The Hall–Kier alpha value is -3.51. The van der Waals surface area contributed by atoms with Gasteiger partial charge in [0.2, 0.25) is 5.91 Å². The standard InChI is InChI=1S/C24H26N2O4/c1-28-15-16-29-21-13-11-20(12-14-21)26-24(27)17-25-22-9-5-6-10-23(22)30-18-19-7-3-2-4-8-19/h2-14,25H,15-18H2,1H3,(H,26,27). The van der Waals surface area contributed by atoms with E-state index in [1.54, 1.807) is 19.2 Å². The Balaban J connectivity index is 1.48. The monoisotopic (exact) mass is 406 g/mol. The molecule has 0 fully saturated rings. The van der Waals surface area contributed by atoms with Crippen molar-refractivity contribution in [3.05, 3.63) is 84.4 Å². The molecule has 0 aliphatic heterocycles. The van der Waals surface area contributed by atoms with E-state index in [1.165, 1.54) is 0 Å². The van der Waals surface area contributed by atoms with Gasteiger partial charge in [-0.15, -0.1) is 0 Å². The number of benzene rings is 3. The second kappa shape index (κ2) is 11.5. The second-order valence-corrected chi connectivity index (χ2v) is 6.54. The SMILES string of the molecule is COCCOc1ccc(NC(=O)CNc2ccccc2OCc2ccccc2)cc1. The van der Waals surface area contributed by atoms with Crippen LogP contribution < -0.4 is 20.1 Å². The van der Waals surface area contributed by atoms with Crippen LogP contribution >= 0.6 is 0 Å². The first-order valence-electron chi connectivity index (χ1n) is 9.76. The van der Waals surface area contributed by atoms with Gasteiger partial charge < -0.3 is 24.8 Å². The first-order chi connectivity index (χ1) is 14.7. The molecule has 3 aromatic carbocycles. The van der Waals surface area contributed by atoms with E-state index in [0.29, 0.717) is 31.3 Å². The van der Waals surface area contributed by atoms with Gasteiger partial charge in [-0.25, -0.2) is 0 Å². The molecular formula is C24H26N2O4. The fourth-order valence-corrected chi connectivity index (χ4v) is 2.73. The van der Waals surface area contributed by atoms with Crippen LogP contribution in [0.3, 0.4) is 0 Å². The van der Waals surface area contributed by atoms with Crippen molar-refractivity contribution >= 4 is 17.3 Å². The zero-order valence-electron chi connectivity index (χ0n) is 17.0. The van der Waals surface area contributed by atoms with Gasteiger partial charge >= 0.3 is 0 Å². The first kappa shape index (κ1) is 21.2. The summed E-state index contributed by atoms with van der Waals surface area (Å²) in [4.78, 5) is 12.3. The third kappa shape index (κ3) is 6.83. The predicted molar refractivity (Wildman–Crippen MR) is 118 cm³/mol. The van der Waals surface area contributed by atoms with Crippen molar-refractivity contribution in [1.29, 1.82) is 0 Å². The van der Waals surface area contributed by atoms with Gasteiger partial charge in [0.25, 0.3) is 0 Å². The molecule has 0 atom stereocenters. The number of methoxy groups -OCH3 is 1. The normalized spacial score (nSPS) is 10.3. The van der Waals surface area contributed by atoms with Crippen molar-refractivity contribution in [1.82, 2.24) is 0 Å². The molecule has 0 bridgehead atoms. The molecule has 0 aliphatic carbocycles. The van der Waals surface area contributed by atoms with E-state index >= 15 is 0 Å².